The van der Waals surface area contributed by atoms with Crippen LogP contribution in [0.1, 0.15) is 6.92 Å². The van der Waals surface area contributed by atoms with E-state index in [-0.39, 0.29) is 0 Å². The van der Waals surface area contributed by atoms with Crippen molar-refractivity contribution < 1.29 is 4.79 Å². The summed E-state index contributed by atoms with van der Waals surface area (Å²) >= 11 is 0. The molecule has 0 rings (SSSR count). The molecule has 0 atom stereocenters. The van der Waals surface area contributed by atoms with Crippen molar-refractivity contribution in [2.45, 2.75) is 6.92 Å². The quantitative estimate of drug-likeness (QED) is 0.259. The van der Waals surface area contributed by atoms with E-state index in [9.17, 15) is 4.79 Å². The highest BCUT2D eigenvalue weighted by Gasteiger charge is 1.81. The van der Waals surface area contributed by atoms with Crippen LogP contribution in [0, 0.1) is 0 Å². The van der Waals surface area contributed by atoms with Gasteiger partial charge in [0.25, 0.3) is 0 Å². The lowest BCUT2D eigenvalue weighted by molar-refractivity contribution is -0.104. The molecule has 0 spiro atoms. The second-order valence-corrected chi connectivity index (χ2v) is 2.51. The van der Waals surface area contributed by atoms with Gasteiger partial charge < -0.3 is 4.90 Å². The van der Waals surface area contributed by atoms with Crippen molar-refractivity contribution in [2.75, 3.05) is 20.6 Å². The van der Waals surface area contributed by atoms with Gasteiger partial charge in [0.2, 0.25) is 0 Å². The Morgan fingerprint density at radius 1 is 1.55 bits per heavy atom. The molecule has 0 aliphatic carbocycles. The van der Waals surface area contributed by atoms with Crippen LogP contribution in [-0.2, 0) is 4.79 Å². The number of carbonyl (C=O) groups is 1. The fraction of sp³-hybridized carbons (Fsp3) is 0.500. The molecule has 0 saturated carbocycles. The third-order valence-corrected chi connectivity index (χ3v) is 1.02. The number of allylic oxidation sites excluding steroid dienone is 1. The van der Waals surface area contributed by atoms with Gasteiger partial charge in [-0.15, -0.1) is 0 Å². The summed E-state index contributed by atoms with van der Waals surface area (Å²) < 4.78 is 0. The number of aliphatic imine (C=N–C) groups is 1. The summed E-state index contributed by atoms with van der Waals surface area (Å²) in [4.78, 5) is 16.0. The summed E-state index contributed by atoms with van der Waals surface area (Å²) in [6.07, 6.45) is 4.33. The zero-order valence-electron chi connectivity index (χ0n) is 7.24. The SMILES string of the molecule is C/C(C=O)=C\CN=CN(C)C. The maximum Gasteiger partial charge on any atom is 0.145 e. The zero-order chi connectivity index (χ0) is 8.69. The molecule has 0 aliphatic rings. The van der Waals surface area contributed by atoms with Crippen LogP contribution in [0.25, 0.3) is 0 Å². The third kappa shape index (κ3) is 6.77. The Morgan fingerprint density at radius 3 is 2.64 bits per heavy atom. The molecule has 0 bridgehead atoms. The monoisotopic (exact) mass is 154 g/mol. The van der Waals surface area contributed by atoms with Crippen molar-refractivity contribution in [3.63, 3.8) is 0 Å². The van der Waals surface area contributed by atoms with E-state index in [4.69, 9.17) is 0 Å². The van der Waals surface area contributed by atoms with Gasteiger partial charge in [0.05, 0.1) is 12.9 Å². The van der Waals surface area contributed by atoms with Crippen LogP contribution in [0.3, 0.4) is 0 Å². The fourth-order valence-corrected chi connectivity index (χ4v) is 0.455. The van der Waals surface area contributed by atoms with Gasteiger partial charge in [0.15, 0.2) is 0 Å². The Kier molecular flexibility index (Phi) is 5.07. The molecule has 0 aromatic carbocycles. The average Bonchev–Trinajstić information content (AvgIpc) is 1.97. The van der Waals surface area contributed by atoms with Crippen molar-refractivity contribution in [1.82, 2.24) is 4.90 Å². The van der Waals surface area contributed by atoms with E-state index in [1.165, 1.54) is 0 Å². The smallest absolute Gasteiger partial charge is 0.145 e. The molecule has 0 aromatic rings. The molecule has 0 amide bonds. The molecule has 0 radical (unpaired) electrons. The van der Waals surface area contributed by atoms with Gasteiger partial charge in [0, 0.05) is 14.1 Å². The van der Waals surface area contributed by atoms with Crippen molar-refractivity contribution in [2.24, 2.45) is 4.99 Å². The number of carbonyl (C=O) groups excluding carboxylic acids is 1. The molecule has 0 fully saturated rings. The first kappa shape index (κ1) is 9.88. The van der Waals surface area contributed by atoms with Crippen molar-refractivity contribution in [1.29, 1.82) is 0 Å². The van der Waals surface area contributed by atoms with Gasteiger partial charge in [0.1, 0.15) is 6.29 Å². The number of hydrogen-bond acceptors (Lipinski definition) is 2. The molecule has 0 heterocycles. The van der Waals surface area contributed by atoms with Gasteiger partial charge in [-0.3, -0.25) is 9.79 Å². The van der Waals surface area contributed by atoms with Gasteiger partial charge in [-0.2, -0.15) is 0 Å². The molecule has 0 aromatic heterocycles. The van der Waals surface area contributed by atoms with Crippen molar-refractivity contribution in [3.05, 3.63) is 11.6 Å². The molecular formula is C8H14N2O. The summed E-state index contributed by atoms with van der Waals surface area (Å²) in [6.45, 7) is 2.33. The number of rotatable bonds is 4. The highest BCUT2D eigenvalue weighted by molar-refractivity contribution is 5.72. The first-order valence-electron chi connectivity index (χ1n) is 3.45. The lowest BCUT2D eigenvalue weighted by Crippen LogP contribution is -2.07. The fourth-order valence-electron chi connectivity index (χ4n) is 0.455. The summed E-state index contributed by atoms with van der Waals surface area (Å²) in [5.41, 5.74) is 0.723. The van der Waals surface area contributed by atoms with Gasteiger partial charge in [-0.1, -0.05) is 6.08 Å². The van der Waals surface area contributed by atoms with E-state index in [0.717, 1.165) is 11.9 Å². The van der Waals surface area contributed by atoms with E-state index in [1.54, 1.807) is 19.3 Å². The first-order valence-corrected chi connectivity index (χ1v) is 3.45. The van der Waals surface area contributed by atoms with E-state index in [0.29, 0.717) is 6.54 Å². The Labute approximate surface area is 67.4 Å². The Hall–Kier alpha value is -1.12. The second kappa shape index (κ2) is 5.65. The van der Waals surface area contributed by atoms with Crippen LogP contribution in [0.2, 0.25) is 0 Å². The van der Waals surface area contributed by atoms with Crippen LogP contribution >= 0.6 is 0 Å². The van der Waals surface area contributed by atoms with Crippen LogP contribution in [-0.4, -0.2) is 38.2 Å². The summed E-state index contributed by atoms with van der Waals surface area (Å²) in [5, 5.41) is 0. The number of aldehydes is 1. The Morgan fingerprint density at radius 2 is 2.18 bits per heavy atom. The van der Waals surface area contributed by atoms with Crippen molar-refractivity contribution in [3.8, 4) is 0 Å². The highest BCUT2D eigenvalue weighted by atomic mass is 16.1. The van der Waals surface area contributed by atoms with E-state index < -0.39 is 0 Å². The summed E-state index contributed by atoms with van der Waals surface area (Å²) in [6, 6.07) is 0. The standard InChI is InChI=1S/C8H14N2O/c1-8(6-11)4-5-9-7-10(2)3/h4,6-7H,5H2,1-3H3/b8-4+,9-7?. The minimum Gasteiger partial charge on any atom is -0.369 e. The van der Waals surface area contributed by atoms with Gasteiger partial charge in [-0.25, -0.2) is 0 Å². The topological polar surface area (TPSA) is 32.7 Å². The molecule has 3 nitrogen and oxygen atoms in total. The summed E-state index contributed by atoms with van der Waals surface area (Å²) in [7, 11) is 3.81. The largest absolute Gasteiger partial charge is 0.369 e. The zero-order valence-corrected chi connectivity index (χ0v) is 7.24. The number of hydrogen-bond donors (Lipinski definition) is 0. The lowest BCUT2D eigenvalue weighted by atomic mass is 10.3. The maximum atomic E-state index is 10.1. The average molecular weight is 154 g/mol. The normalized spacial score (nSPS) is 12.1. The Bertz CT molecular complexity index is 171. The van der Waals surface area contributed by atoms with Gasteiger partial charge in [-0.05, 0) is 12.5 Å². The van der Waals surface area contributed by atoms with Gasteiger partial charge >= 0.3 is 0 Å². The van der Waals surface area contributed by atoms with Crippen molar-refractivity contribution >= 4 is 12.6 Å². The molecule has 3 heteroatoms. The van der Waals surface area contributed by atoms with Crippen LogP contribution in [0.5, 0.6) is 0 Å². The molecule has 62 valence electrons. The molecular weight excluding hydrogens is 140 g/mol. The minimum atomic E-state index is 0.572. The van der Waals surface area contributed by atoms with E-state index in [2.05, 4.69) is 4.99 Å². The molecule has 0 unspecified atom stereocenters. The minimum absolute atomic E-state index is 0.572. The maximum absolute atomic E-state index is 10.1. The van der Waals surface area contributed by atoms with Crippen LogP contribution in [0.4, 0.5) is 0 Å². The predicted octanol–water partition coefficient (Wildman–Crippen LogP) is 0.722. The lowest BCUT2D eigenvalue weighted by Gasteiger charge is -2.00. The third-order valence-electron chi connectivity index (χ3n) is 1.02. The molecule has 0 saturated heterocycles. The first-order chi connectivity index (χ1) is 5.16. The summed E-state index contributed by atoms with van der Waals surface area (Å²) in [5.74, 6) is 0. The van der Waals surface area contributed by atoms with Crippen LogP contribution in [0.15, 0.2) is 16.6 Å². The predicted molar refractivity (Wildman–Crippen MR) is 46.9 cm³/mol. The molecule has 0 aliphatic heterocycles. The second-order valence-electron chi connectivity index (χ2n) is 2.51. The van der Waals surface area contributed by atoms with Crippen LogP contribution < -0.4 is 0 Å². The molecule has 11 heavy (non-hydrogen) atoms. The highest BCUT2D eigenvalue weighted by Crippen LogP contribution is 1.85. The van der Waals surface area contributed by atoms with E-state index >= 15 is 0 Å². The van der Waals surface area contributed by atoms with E-state index in [1.807, 2.05) is 19.0 Å². The Balaban J connectivity index is 3.63. The molecule has 0 N–H and O–H groups in total. The number of nitrogens with zero attached hydrogens (tertiary/aromatic N) is 2.